The highest BCUT2D eigenvalue weighted by Crippen LogP contribution is 2.22. The molecule has 3 rings (SSSR count). The van der Waals surface area contributed by atoms with Crippen LogP contribution in [-0.2, 0) is 19.6 Å². The highest BCUT2D eigenvalue weighted by molar-refractivity contribution is 7.89. The molecule has 3 N–H and O–H groups in total. The minimum atomic E-state index is -3.70. The van der Waals surface area contributed by atoms with Crippen LogP contribution < -0.4 is 11.1 Å². The predicted octanol–water partition coefficient (Wildman–Crippen LogP) is 2.14. The largest absolute Gasteiger partial charge is 0.449 e. The van der Waals surface area contributed by atoms with Crippen LogP contribution in [0.4, 0.5) is 5.69 Å². The minimum absolute atomic E-state index is 0.0143. The van der Waals surface area contributed by atoms with Crippen LogP contribution in [0.5, 0.6) is 0 Å². The number of nitrogens with zero attached hydrogens (tertiary/aromatic N) is 1. The van der Waals surface area contributed by atoms with E-state index in [4.69, 9.17) is 10.5 Å². The second-order valence-corrected chi connectivity index (χ2v) is 9.41. The molecule has 2 aromatic rings. The maximum absolute atomic E-state index is 12.8. The molecule has 0 radical (unpaired) electrons. The average molecular weight is 460 g/mol. The Labute approximate surface area is 186 Å². The number of primary amides is 1. The molecule has 1 heterocycles. The smallest absolute Gasteiger partial charge is 0.338 e. The first-order chi connectivity index (χ1) is 15.2. The van der Waals surface area contributed by atoms with Crippen molar-refractivity contribution >= 4 is 33.5 Å². The van der Waals surface area contributed by atoms with E-state index in [0.29, 0.717) is 24.3 Å². The quantitative estimate of drug-likeness (QED) is 0.609. The number of nitrogens with two attached hydrogens (primary N) is 1. The highest BCUT2D eigenvalue weighted by atomic mass is 32.2. The normalized spacial score (nSPS) is 15.5. The third kappa shape index (κ3) is 5.51. The van der Waals surface area contributed by atoms with E-state index in [-0.39, 0.29) is 10.5 Å². The number of nitrogens with one attached hydrogen (secondary N) is 1. The fourth-order valence-electron chi connectivity index (χ4n) is 3.28. The van der Waals surface area contributed by atoms with Gasteiger partial charge in [-0.3, -0.25) is 9.59 Å². The lowest BCUT2D eigenvalue weighted by Gasteiger charge is -2.26. The zero-order valence-electron chi connectivity index (χ0n) is 17.6. The Morgan fingerprint density at radius 1 is 1.00 bits per heavy atom. The van der Waals surface area contributed by atoms with E-state index in [1.807, 2.05) is 0 Å². The van der Waals surface area contributed by atoms with Crippen LogP contribution in [-0.4, -0.2) is 49.7 Å². The number of piperidine rings is 1. The van der Waals surface area contributed by atoms with Gasteiger partial charge in [0.1, 0.15) is 0 Å². The van der Waals surface area contributed by atoms with Crippen molar-refractivity contribution in [3.05, 3.63) is 59.7 Å². The lowest BCUT2D eigenvalue weighted by molar-refractivity contribution is -0.123. The average Bonchev–Trinajstić information content (AvgIpc) is 2.80. The maximum atomic E-state index is 12.8. The standard InChI is InChI=1S/C22H25N3O6S/c1-15(21(27)24-18-10-8-16(9-11-18)20(23)26)31-22(28)17-6-5-7-19(14-17)32(29,30)25-12-3-2-4-13-25/h5-11,14-15H,2-4,12-13H2,1H3,(H2,23,26)(H,24,27)/t15-/m0/s1. The van der Waals surface area contributed by atoms with E-state index in [1.54, 1.807) is 0 Å². The van der Waals surface area contributed by atoms with E-state index >= 15 is 0 Å². The van der Waals surface area contributed by atoms with Gasteiger partial charge in [-0.2, -0.15) is 4.31 Å². The fraction of sp³-hybridized carbons (Fsp3) is 0.318. The van der Waals surface area contributed by atoms with E-state index in [0.717, 1.165) is 19.3 Å². The summed E-state index contributed by atoms with van der Waals surface area (Å²) in [6.45, 7) is 2.31. The number of carbonyl (C=O) groups is 3. The Bertz CT molecular complexity index is 1110. The van der Waals surface area contributed by atoms with Crippen LogP contribution in [0.15, 0.2) is 53.4 Å². The van der Waals surface area contributed by atoms with E-state index in [9.17, 15) is 22.8 Å². The molecular formula is C22H25N3O6S. The van der Waals surface area contributed by atoms with Crippen molar-refractivity contribution in [1.82, 2.24) is 4.31 Å². The first-order valence-electron chi connectivity index (χ1n) is 10.2. The van der Waals surface area contributed by atoms with E-state index in [2.05, 4.69) is 5.32 Å². The van der Waals surface area contributed by atoms with Gasteiger partial charge in [-0.25, -0.2) is 13.2 Å². The molecule has 1 atom stereocenters. The summed E-state index contributed by atoms with van der Waals surface area (Å²) >= 11 is 0. The van der Waals surface area contributed by atoms with Crippen LogP contribution in [0.2, 0.25) is 0 Å². The van der Waals surface area contributed by atoms with Gasteiger partial charge in [-0.1, -0.05) is 12.5 Å². The number of anilines is 1. The SMILES string of the molecule is C[C@H](OC(=O)c1cccc(S(=O)(=O)N2CCCCC2)c1)C(=O)Nc1ccc(C(N)=O)cc1. The van der Waals surface area contributed by atoms with Gasteiger partial charge in [0.2, 0.25) is 15.9 Å². The van der Waals surface area contributed by atoms with Gasteiger partial charge in [0, 0.05) is 24.3 Å². The van der Waals surface area contributed by atoms with Crippen LogP contribution >= 0.6 is 0 Å². The number of ether oxygens (including phenoxy) is 1. The van der Waals surface area contributed by atoms with Crippen molar-refractivity contribution in [2.45, 2.75) is 37.2 Å². The van der Waals surface area contributed by atoms with Gasteiger partial charge in [0.25, 0.3) is 5.91 Å². The summed E-state index contributed by atoms with van der Waals surface area (Å²) in [4.78, 5) is 36.0. The molecule has 0 unspecified atom stereocenters. The molecular weight excluding hydrogens is 434 g/mol. The van der Waals surface area contributed by atoms with Crippen molar-refractivity contribution in [2.24, 2.45) is 5.73 Å². The molecule has 2 aromatic carbocycles. The van der Waals surface area contributed by atoms with Crippen LogP contribution in [0, 0.1) is 0 Å². The van der Waals surface area contributed by atoms with Gasteiger partial charge < -0.3 is 15.8 Å². The Hall–Kier alpha value is -3.24. The third-order valence-electron chi connectivity index (χ3n) is 5.11. The monoisotopic (exact) mass is 459 g/mol. The molecule has 1 fully saturated rings. The zero-order chi connectivity index (χ0) is 23.3. The van der Waals surface area contributed by atoms with Gasteiger partial charge in [0.05, 0.1) is 10.5 Å². The first-order valence-corrected chi connectivity index (χ1v) is 11.6. The lowest BCUT2D eigenvalue weighted by atomic mass is 10.2. The van der Waals surface area contributed by atoms with Crippen molar-refractivity contribution in [3.8, 4) is 0 Å². The number of benzene rings is 2. The van der Waals surface area contributed by atoms with Gasteiger partial charge >= 0.3 is 5.97 Å². The first kappa shape index (κ1) is 23.4. The van der Waals surface area contributed by atoms with Crippen LogP contribution in [0.3, 0.4) is 0 Å². The Kier molecular flexibility index (Phi) is 7.26. The number of rotatable bonds is 7. The van der Waals surface area contributed by atoms with Crippen molar-refractivity contribution in [3.63, 3.8) is 0 Å². The molecule has 9 nitrogen and oxygen atoms in total. The number of hydrogen-bond acceptors (Lipinski definition) is 6. The number of esters is 1. The molecule has 0 bridgehead atoms. The van der Waals surface area contributed by atoms with Crippen molar-refractivity contribution in [2.75, 3.05) is 18.4 Å². The Balaban J connectivity index is 1.65. The number of sulfonamides is 1. The Morgan fingerprint density at radius 3 is 2.28 bits per heavy atom. The molecule has 0 saturated carbocycles. The summed E-state index contributed by atoms with van der Waals surface area (Å²) in [7, 11) is -3.70. The van der Waals surface area contributed by atoms with Crippen molar-refractivity contribution in [1.29, 1.82) is 0 Å². The van der Waals surface area contributed by atoms with Gasteiger partial charge in [-0.15, -0.1) is 0 Å². The van der Waals surface area contributed by atoms with Crippen LogP contribution in [0.1, 0.15) is 46.9 Å². The second-order valence-electron chi connectivity index (χ2n) is 7.47. The van der Waals surface area contributed by atoms with Gasteiger partial charge in [-0.05, 0) is 62.2 Å². The predicted molar refractivity (Wildman–Crippen MR) is 118 cm³/mol. The fourth-order valence-corrected chi connectivity index (χ4v) is 4.85. The number of hydrogen-bond donors (Lipinski definition) is 2. The molecule has 10 heteroatoms. The van der Waals surface area contributed by atoms with Crippen molar-refractivity contribution < 1.29 is 27.5 Å². The van der Waals surface area contributed by atoms with E-state index in [1.165, 1.54) is 59.8 Å². The topological polar surface area (TPSA) is 136 Å². The number of amides is 2. The molecule has 1 saturated heterocycles. The molecule has 0 aliphatic carbocycles. The zero-order valence-corrected chi connectivity index (χ0v) is 18.4. The summed E-state index contributed by atoms with van der Waals surface area (Å²) in [5, 5.41) is 2.57. The molecule has 1 aliphatic heterocycles. The summed E-state index contributed by atoms with van der Waals surface area (Å²) in [6, 6.07) is 11.5. The molecule has 0 aromatic heterocycles. The summed E-state index contributed by atoms with van der Waals surface area (Å²) < 4.78 is 32.3. The van der Waals surface area contributed by atoms with Crippen LogP contribution in [0.25, 0.3) is 0 Å². The summed E-state index contributed by atoms with van der Waals surface area (Å²) in [5.74, 6) is -1.98. The second kappa shape index (κ2) is 9.92. The highest BCUT2D eigenvalue weighted by Gasteiger charge is 2.27. The van der Waals surface area contributed by atoms with E-state index < -0.39 is 33.9 Å². The molecule has 1 aliphatic rings. The molecule has 32 heavy (non-hydrogen) atoms. The number of carbonyl (C=O) groups excluding carboxylic acids is 3. The molecule has 2 amide bonds. The summed E-state index contributed by atoms with van der Waals surface area (Å²) in [6.07, 6.45) is 1.46. The molecule has 0 spiro atoms. The minimum Gasteiger partial charge on any atom is -0.449 e. The molecule has 170 valence electrons. The lowest BCUT2D eigenvalue weighted by Crippen LogP contribution is -2.35. The third-order valence-corrected chi connectivity index (χ3v) is 7.01. The van der Waals surface area contributed by atoms with Gasteiger partial charge in [0.15, 0.2) is 6.10 Å². The maximum Gasteiger partial charge on any atom is 0.338 e. The Morgan fingerprint density at radius 2 is 1.66 bits per heavy atom. The summed E-state index contributed by atoms with van der Waals surface area (Å²) in [5.41, 5.74) is 5.91.